The first-order valence-corrected chi connectivity index (χ1v) is 7.58. The van der Waals surface area contributed by atoms with Crippen LogP contribution in [0.2, 0.25) is 5.28 Å². The summed E-state index contributed by atoms with van der Waals surface area (Å²) >= 11 is 6.07. The Hall–Kier alpha value is -2.71. The molecular formula is C20H15ClN2. The molecule has 0 aliphatic rings. The molecule has 112 valence electrons. The van der Waals surface area contributed by atoms with Crippen LogP contribution in [0.4, 0.5) is 0 Å². The van der Waals surface area contributed by atoms with Gasteiger partial charge in [0, 0.05) is 10.8 Å². The molecular weight excluding hydrogens is 304 g/mol. The van der Waals surface area contributed by atoms with Crippen molar-refractivity contribution in [3.8, 4) is 22.4 Å². The molecule has 0 saturated heterocycles. The van der Waals surface area contributed by atoms with Crippen molar-refractivity contribution in [2.45, 2.75) is 0 Å². The summed E-state index contributed by atoms with van der Waals surface area (Å²) < 4.78 is 0. The zero-order chi connectivity index (χ0) is 16.2. The lowest BCUT2D eigenvalue weighted by molar-refractivity contribution is 1.11. The average Bonchev–Trinajstić information content (AvgIpc) is 2.58. The van der Waals surface area contributed by atoms with E-state index in [1.165, 1.54) is 0 Å². The fraction of sp³-hybridized carbons (Fsp3) is 0. The maximum absolute atomic E-state index is 6.07. The second kappa shape index (κ2) is 6.59. The van der Waals surface area contributed by atoms with Crippen molar-refractivity contribution in [1.82, 2.24) is 9.97 Å². The summed E-state index contributed by atoms with van der Waals surface area (Å²) in [6.45, 7) is 7.74. The molecule has 3 rings (SSSR count). The molecule has 0 amide bonds. The molecule has 0 fully saturated rings. The SMILES string of the molecule is C=C/C=c1/c(-c2ccccc2-c2ccccc2)nc(Cl)nc1=C. The molecule has 1 heterocycles. The third-order valence-electron chi connectivity index (χ3n) is 3.55. The highest BCUT2D eigenvalue weighted by Crippen LogP contribution is 2.29. The maximum atomic E-state index is 6.07. The van der Waals surface area contributed by atoms with Gasteiger partial charge in [0.25, 0.3) is 0 Å². The number of aromatic nitrogens is 2. The lowest BCUT2D eigenvalue weighted by Crippen LogP contribution is -2.30. The van der Waals surface area contributed by atoms with Crippen LogP contribution in [0, 0.1) is 0 Å². The van der Waals surface area contributed by atoms with E-state index in [9.17, 15) is 0 Å². The second-order valence-corrected chi connectivity index (χ2v) is 5.35. The Labute approximate surface area is 140 Å². The van der Waals surface area contributed by atoms with Crippen LogP contribution in [0.5, 0.6) is 0 Å². The normalized spacial score (nSPS) is 11.4. The molecule has 0 unspecified atom stereocenters. The third-order valence-corrected chi connectivity index (χ3v) is 3.72. The molecule has 0 aliphatic carbocycles. The van der Waals surface area contributed by atoms with Gasteiger partial charge in [0.15, 0.2) is 0 Å². The molecule has 2 aromatic carbocycles. The smallest absolute Gasteiger partial charge is 0.218 e. The quantitative estimate of drug-likeness (QED) is 0.686. The lowest BCUT2D eigenvalue weighted by atomic mass is 9.96. The Morgan fingerprint density at radius 1 is 0.870 bits per heavy atom. The van der Waals surface area contributed by atoms with Crippen molar-refractivity contribution in [2.24, 2.45) is 0 Å². The fourth-order valence-corrected chi connectivity index (χ4v) is 2.73. The zero-order valence-corrected chi connectivity index (χ0v) is 13.3. The summed E-state index contributed by atoms with van der Waals surface area (Å²) in [6.07, 6.45) is 3.56. The van der Waals surface area contributed by atoms with E-state index in [4.69, 9.17) is 11.6 Å². The molecule has 0 aliphatic heterocycles. The number of halogens is 1. The van der Waals surface area contributed by atoms with Crippen molar-refractivity contribution in [2.75, 3.05) is 0 Å². The van der Waals surface area contributed by atoms with Crippen LogP contribution in [0.15, 0.2) is 67.3 Å². The molecule has 0 radical (unpaired) electrons. The molecule has 0 atom stereocenters. The van der Waals surface area contributed by atoms with E-state index in [1.807, 2.05) is 42.5 Å². The van der Waals surface area contributed by atoms with Gasteiger partial charge in [-0.3, -0.25) is 0 Å². The Morgan fingerprint density at radius 2 is 1.52 bits per heavy atom. The van der Waals surface area contributed by atoms with Crippen LogP contribution in [0.1, 0.15) is 0 Å². The van der Waals surface area contributed by atoms with Crippen molar-refractivity contribution in [1.29, 1.82) is 0 Å². The molecule has 0 saturated carbocycles. The van der Waals surface area contributed by atoms with Gasteiger partial charge in [-0.05, 0) is 22.7 Å². The molecule has 3 aromatic rings. The minimum atomic E-state index is 0.189. The van der Waals surface area contributed by atoms with E-state index in [2.05, 4.69) is 41.3 Å². The van der Waals surface area contributed by atoms with E-state index in [1.54, 1.807) is 6.08 Å². The van der Waals surface area contributed by atoms with E-state index >= 15 is 0 Å². The monoisotopic (exact) mass is 318 g/mol. The number of hydrogen-bond donors (Lipinski definition) is 0. The Balaban J connectivity index is 2.36. The van der Waals surface area contributed by atoms with Gasteiger partial charge < -0.3 is 0 Å². The molecule has 1 aromatic heterocycles. The fourth-order valence-electron chi connectivity index (χ4n) is 2.54. The highest BCUT2D eigenvalue weighted by Gasteiger charge is 2.11. The van der Waals surface area contributed by atoms with Gasteiger partial charge in [0.1, 0.15) is 0 Å². The Morgan fingerprint density at radius 3 is 2.22 bits per heavy atom. The van der Waals surface area contributed by atoms with Gasteiger partial charge in [-0.1, -0.05) is 79.9 Å². The van der Waals surface area contributed by atoms with Crippen molar-refractivity contribution in [3.05, 3.63) is 83.1 Å². The first-order chi connectivity index (χ1) is 11.2. The first kappa shape index (κ1) is 15.2. The van der Waals surface area contributed by atoms with Gasteiger partial charge in [0.05, 0.1) is 11.0 Å². The standard InChI is InChI=1S/C20H15ClN2/c1-3-9-16-14(2)22-20(21)23-19(16)18-13-8-7-12-17(18)15-10-5-4-6-11-15/h3-13H,1-2H2/b16-9+. The number of benzene rings is 2. The Bertz CT molecular complexity index is 963. The van der Waals surface area contributed by atoms with E-state index in [-0.39, 0.29) is 5.28 Å². The minimum absolute atomic E-state index is 0.189. The molecule has 0 N–H and O–H groups in total. The van der Waals surface area contributed by atoms with E-state index in [0.29, 0.717) is 5.35 Å². The minimum Gasteiger partial charge on any atom is -0.218 e. The lowest BCUT2D eigenvalue weighted by Gasteiger charge is -2.10. The third kappa shape index (κ3) is 3.08. The largest absolute Gasteiger partial charge is 0.223 e. The second-order valence-electron chi connectivity index (χ2n) is 5.02. The predicted octanol–water partition coefficient (Wildman–Crippen LogP) is 3.84. The van der Waals surface area contributed by atoms with Crippen LogP contribution in [0.3, 0.4) is 0 Å². The number of allylic oxidation sites excluding steroid dienone is 1. The number of hydrogen-bond acceptors (Lipinski definition) is 2. The molecule has 23 heavy (non-hydrogen) atoms. The maximum Gasteiger partial charge on any atom is 0.223 e. The Kier molecular flexibility index (Phi) is 4.35. The van der Waals surface area contributed by atoms with Crippen LogP contribution in [-0.4, -0.2) is 9.97 Å². The molecule has 0 bridgehead atoms. The number of rotatable bonds is 3. The number of nitrogens with zero attached hydrogens (tertiary/aromatic N) is 2. The zero-order valence-electron chi connectivity index (χ0n) is 12.5. The summed E-state index contributed by atoms with van der Waals surface area (Å²) in [7, 11) is 0. The summed E-state index contributed by atoms with van der Waals surface area (Å²) in [5, 5.41) is 1.60. The van der Waals surface area contributed by atoms with Crippen LogP contribution < -0.4 is 10.6 Å². The highest BCUT2D eigenvalue weighted by molar-refractivity contribution is 6.28. The van der Waals surface area contributed by atoms with Gasteiger partial charge in [-0.2, -0.15) is 0 Å². The van der Waals surface area contributed by atoms with Gasteiger partial charge in [-0.25, -0.2) is 9.97 Å². The van der Waals surface area contributed by atoms with Crippen molar-refractivity contribution in [3.63, 3.8) is 0 Å². The topological polar surface area (TPSA) is 25.8 Å². The van der Waals surface area contributed by atoms with Gasteiger partial charge in [-0.15, -0.1) is 0 Å². The molecule has 0 spiro atoms. The summed E-state index contributed by atoms with van der Waals surface area (Å²) in [4.78, 5) is 8.59. The van der Waals surface area contributed by atoms with Crippen LogP contribution in [-0.2, 0) is 0 Å². The summed E-state index contributed by atoms with van der Waals surface area (Å²) in [5.74, 6) is 0. The van der Waals surface area contributed by atoms with Crippen LogP contribution >= 0.6 is 11.6 Å². The predicted molar refractivity (Wildman–Crippen MR) is 97.3 cm³/mol. The molecule has 3 heteroatoms. The van der Waals surface area contributed by atoms with Gasteiger partial charge >= 0.3 is 0 Å². The van der Waals surface area contributed by atoms with E-state index in [0.717, 1.165) is 27.6 Å². The summed E-state index contributed by atoms with van der Waals surface area (Å²) in [6, 6.07) is 18.3. The molecule has 2 nitrogen and oxygen atoms in total. The van der Waals surface area contributed by atoms with E-state index < -0.39 is 0 Å². The van der Waals surface area contributed by atoms with Crippen molar-refractivity contribution < 1.29 is 0 Å². The summed E-state index contributed by atoms with van der Waals surface area (Å²) in [5.41, 5.74) is 3.95. The van der Waals surface area contributed by atoms with Crippen LogP contribution in [0.25, 0.3) is 35.0 Å². The first-order valence-electron chi connectivity index (χ1n) is 7.21. The highest BCUT2D eigenvalue weighted by atomic mass is 35.5. The van der Waals surface area contributed by atoms with Gasteiger partial charge in [0.2, 0.25) is 5.28 Å². The average molecular weight is 319 g/mol. The van der Waals surface area contributed by atoms with Crippen molar-refractivity contribution >= 4 is 24.3 Å².